The van der Waals surface area contributed by atoms with Crippen LogP contribution in [-0.2, 0) is 11.2 Å². The first-order valence-corrected chi connectivity index (χ1v) is 10.0. The van der Waals surface area contributed by atoms with Crippen molar-refractivity contribution < 1.29 is 19.9 Å². The zero-order valence-electron chi connectivity index (χ0n) is 16.8. The lowest BCUT2D eigenvalue weighted by molar-refractivity contribution is -0.142. The molecule has 0 bridgehead atoms. The van der Waals surface area contributed by atoms with Gasteiger partial charge in [-0.1, -0.05) is 47.7 Å². The lowest BCUT2D eigenvalue weighted by Crippen LogP contribution is -2.37. The second-order valence-electron chi connectivity index (χ2n) is 7.58. The molecule has 4 rings (SSSR count). The largest absolute Gasteiger partial charge is 0.480 e. The molecular formula is C22H23N5O4. The smallest absolute Gasteiger partial charge is 0.321 e. The number of rotatable bonds is 7. The monoisotopic (exact) mass is 421 g/mol. The van der Waals surface area contributed by atoms with Crippen molar-refractivity contribution in [2.24, 2.45) is 0 Å². The molecule has 160 valence electrons. The van der Waals surface area contributed by atoms with Gasteiger partial charge in [0.1, 0.15) is 11.7 Å². The maximum atomic E-state index is 11.8. The number of amides is 1. The van der Waals surface area contributed by atoms with Crippen LogP contribution >= 0.6 is 0 Å². The molecule has 2 atom stereocenters. The van der Waals surface area contributed by atoms with Gasteiger partial charge in [0.25, 0.3) is 5.91 Å². The van der Waals surface area contributed by atoms with Crippen molar-refractivity contribution in [3.8, 4) is 11.3 Å². The molecule has 1 fully saturated rings. The van der Waals surface area contributed by atoms with Crippen LogP contribution in [0.1, 0.15) is 28.4 Å². The predicted octanol–water partition coefficient (Wildman–Crippen LogP) is 2.01. The van der Waals surface area contributed by atoms with Crippen LogP contribution < -0.4 is 5.48 Å². The fraction of sp³-hybridized carbons (Fsp3) is 0.273. The number of likely N-dealkylation sites (tertiary alicyclic amines) is 1. The van der Waals surface area contributed by atoms with Gasteiger partial charge in [-0.3, -0.25) is 19.7 Å². The lowest BCUT2D eigenvalue weighted by atomic mass is 10.1. The Bertz CT molecular complexity index is 1050. The van der Waals surface area contributed by atoms with Crippen molar-refractivity contribution in [1.29, 1.82) is 0 Å². The molecule has 0 unspecified atom stereocenters. The normalized spacial score (nSPS) is 18.7. The molecule has 0 spiro atoms. The molecule has 9 nitrogen and oxygen atoms in total. The Morgan fingerprint density at radius 1 is 1.10 bits per heavy atom. The summed E-state index contributed by atoms with van der Waals surface area (Å²) in [6, 6.07) is 16.0. The number of benzene rings is 2. The Morgan fingerprint density at radius 2 is 1.84 bits per heavy atom. The highest BCUT2D eigenvalue weighted by Crippen LogP contribution is 2.28. The summed E-state index contributed by atoms with van der Waals surface area (Å²) in [4.78, 5) is 25.2. The van der Waals surface area contributed by atoms with Crippen molar-refractivity contribution in [1.82, 2.24) is 25.4 Å². The number of hydrogen-bond donors (Lipinski definition) is 3. The highest BCUT2D eigenvalue weighted by Gasteiger charge is 2.37. The fourth-order valence-electron chi connectivity index (χ4n) is 3.94. The number of aliphatic carboxylic acids is 1. The number of carboxylic acids is 1. The van der Waals surface area contributed by atoms with Gasteiger partial charge in [0.15, 0.2) is 0 Å². The number of nitrogens with zero attached hydrogens (tertiary/aromatic N) is 4. The van der Waals surface area contributed by atoms with Gasteiger partial charge in [0.05, 0.1) is 12.2 Å². The van der Waals surface area contributed by atoms with Crippen molar-refractivity contribution in [2.45, 2.75) is 24.9 Å². The number of hydroxylamine groups is 1. The first kappa shape index (κ1) is 20.7. The maximum absolute atomic E-state index is 11.8. The van der Waals surface area contributed by atoms with Crippen LogP contribution in [0.5, 0.6) is 0 Å². The summed E-state index contributed by atoms with van der Waals surface area (Å²) < 4.78 is 1.72. The average Bonchev–Trinajstić information content (AvgIpc) is 3.45. The van der Waals surface area contributed by atoms with E-state index >= 15 is 0 Å². The highest BCUT2D eigenvalue weighted by molar-refractivity contribution is 5.93. The van der Waals surface area contributed by atoms with Gasteiger partial charge >= 0.3 is 5.97 Å². The third-order valence-corrected chi connectivity index (χ3v) is 5.63. The van der Waals surface area contributed by atoms with E-state index in [4.69, 9.17) is 5.21 Å². The Balaban J connectivity index is 1.45. The SMILES string of the molecule is O=C(NO)c1ccc(-c2cn([C@H]3C[C@H](C(=O)O)N(CCc4ccccc4)C3)nn2)cc1. The molecular weight excluding hydrogens is 398 g/mol. The molecule has 2 heterocycles. The standard InChI is InChI=1S/C22H23N5O4/c28-21(24-31)17-8-6-16(7-9-17)19-14-27(25-23-19)18-12-20(22(29)30)26(13-18)11-10-15-4-2-1-3-5-15/h1-9,14,18,20,31H,10-13H2,(H,24,28)(H,29,30)/t18-,20+/m0/s1. The van der Waals surface area contributed by atoms with Gasteiger partial charge < -0.3 is 5.11 Å². The molecule has 1 aliphatic heterocycles. The van der Waals surface area contributed by atoms with Crippen molar-refractivity contribution in [3.05, 3.63) is 71.9 Å². The second kappa shape index (κ2) is 9.07. The number of hydrogen-bond acceptors (Lipinski definition) is 6. The van der Waals surface area contributed by atoms with E-state index in [9.17, 15) is 14.7 Å². The molecule has 2 aromatic carbocycles. The maximum Gasteiger partial charge on any atom is 0.321 e. The minimum absolute atomic E-state index is 0.0856. The minimum Gasteiger partial charge on any atom is -0.480 e. The van der Waals surface area contributed by atoms with E-state index < -0.39 is 17.9 Å². The number of carbonyl (C=O) groups is 2. The van der Waals surface area contributed by atoms with Gasteiger partial charge in [0.2, 0.25) is 0 Å². The van der Waals surface area contributed by atoms with Gasteiger partial charge in [-0.25, -0.2) is 10.2 Å². The topological polar surface area (TPSA) is 121 Å². The zero-order valence-corrected chi connectivity index (χ0v) is 16.8. The number of carbonyl (C=O) groups excluding carboxylic acids is 1. The third-order valence-electron chi connectivity index (χ3n) is 5.63. The van der Waals surface area contributed by atoms with Crippen LogP contribution in [0.25, 0.3) is 11.3 Å². The summed E-state index contributed by atoms with van der Waals surface area (Å²) in [5.74, 6) is -1.41. The summed E-state index contributed by atoms with van der Waals surface area (Å²) in [7, 11) is 0. The van der Waals surface area contributed by atoms with E-state index in [1.165, 1.54) is 5.56 Å². The van der Waals surface area contributed by atoms with Gasteiger partial charge in [-0.15, -0.1) is 5.10 Å². The first-order chi connectivity index (χ1) is 15.0. The summed E-state index contributed by atoms with van der Waals surface area (Å²) in [6.45, 7) is 1.25. The second-order valence-corrected chi connectivity index (χ2v) is 7.58. The van der Waals surface area contributed by atoms with Crippen molar-refractivity contribution in [3.63, 3.8) is 0 Å². The molecule has 1 aromatic heterocycles. The molecule has 0 aliphatic carbocycles. The molecule has 3 aromatic rings. The van der Waals surface area contributed by atoms with Crippen molar-refractivity contribution >= 4 is 11.9 Å². The molecule has 0 radical (unpaired) electrons. The average molecular weight is 421 g/mol. The Kier molecular flexibility index (Phi) is 6.06. The summed E-state index contributed by atoms with van der Waals surface area (Å²) in [6.07, 6.45) is 3.04. The van der Waals surface area contributed by atoms with E-state index in [1.54, 1.807) is 40.6 Å². The van der Waals surface area contributed by atoms with Crippen molar-refractivity contribution in [2.75, 3.05) is 13.1 Å². The van der Waals surface area contributed by atoms with Crippen LogP contribution in [0.3, 0.4) is 0 Å². The van der Waals surface area contributed by atoms with Crippen LogP contribution in [0.4, 0.5) is 0 Å². The predicted molar refractivity (Wildman–Crippen MR) is 112 cm³/mol. The Hall–Kier alpha value is -3.56. The van der Waals surface area contributed by atoms with E-state index in [1.807, 2.05) is 35.2 Å². The van der Waals surface area contributed by atoms with E-state index in [2.05, 4.69) is 10.3 Å². The van der Waals surface area contributed by atoms with Crippen LogP contribution in [0.2, 0.25) is 0 Å². The third kappa shape index (κ3) is 4.62. The number of nitrogens with one attached hydrogen (secondary N) is 1. The van der Waals surface area contributed by atoms with E-state index in [-0.39, 0.29) is 6.04 Å². The summed E-state index contributed by atoms with van der Waals surface area (Å²) >= 11 is 0. The van der Waals surface area contributed by atoms with Crippen LogP contribution in [-0.4, -0.2) is 61.2 Å². The quantitative estimate of drug-likeness (QED) is 0.394. The number of aromatic nitrogens is 3. The van der Waals surface area contributed by atoms with E-state index in [0.29, 0.717) is 30.8 Å². The molecule has 31 heavy (non-hydrogen) atoms. The van der Waals surface area contributed by atoms with Gasteiger partial charge in [-0.05, 0) is 30.5 Å². The minimum atomic E-state index is -0.825. The molecule has 1 aliphatic rings. The fourth-order valence-corrected chi connectivity index (χ4v) is 3.94. The van der Waals surface area contributed by atoms with E-state index in [0.717, 1.165) is 12.0 Å². The molecule has 0 saturated carbocycles. The van der Waals surface area contributed by atoms with Gasteiger partial charge in [-0.2, -0.15) is 0 Å². The van der Waals surface area contributed by atoms with Gasteiger partial charge in [0, 0.05) is 24.2 Å². The van der Waals surface area contributed by atoms with Crippen LogP contribution in [0, 0.1) is 0 Å². The molecule has 1 saturated heterocycles. The lowest BCUT2D eigenvalue weighted by Gasteiger charge is -2.20. The molecule has 1 amide bonds. The Morgan fingerprint density at radius 3 is 2.52 bits per heavy atom. The Labute approximate surface area is 178 Å². The highest BCUT2D eigenvalue weighted by atomic mass is 16.5. The zero-order chi connectivity index (χ0) is 21.8. The number of carboxylic acid groups (broad SMARTS) is 1. The summed E-state index contributed by atoms with van der Waals surface area (Å²) in [5.41, 5.74) is 4.50. The molecule has 3 N–H and O–H groups in total. The van der Waals surface area contributed by atoms with Crippen LogP contribution in [0.15, 0.2) is 60.8 Å². The molecule has 9 heteroatoms. The summed E-state index contributed by atoms with van der Waals surface area (Å²) in [5, 5.41) is 26.8. The first-order valence-electron chi connectivity index (χ1n) is 10.0.